The van der Waals surface area contributed by atoms with Crippen LogP contribution in [0, 0.1) is 22.0 Å². The maximum Gasteiger partial charge on any atom is 0.330 e. The number of nitrogens with zero attached hydrogens (tertiary/aromatic N) is 2. The summed E-state index contributed by atoms with van der Waals surface area (Å²) in [6.45, 7) is -0.775. The van der Waals surface area contributed by atoms with Crippen molar-refractivity contribution >= 4 is 35.1 Å². The minimum Gasteiger partial charge on any atom is -0.497 e. The van der Waals surface area contributed by atoms with Gasteiger partial charge in [-0.2, -0.15) is 0 Å². The second-order valence-electron chi connectivity index (χ2n) is 8.70. The standard InChI is InChI=1S/C26H25N3O8/c1-36-17-11-12-21(29(34)35)20(14-17)27-23(30)15-37-26(33)22(13-16-7-3-2-4-8-16)28-24(31)18-9-5-6-10-19(18)25(28)32/h2-8,11-12,14,18-19,22H,9-10,13,15H2,1H3,(H,27,30)/t18-,19+,22-/m0/s1. The van der Waals surface area contributed by atoms with Crippen LogP contribution in [0.25, 0.3) is 0 Å². The number of hydrogen-bond acceptors (Lipinski definition) is 8. The topological polar surface area (TPSA) is 145 Å². The minimum atomic E-state index is -1.26. The lowest BCUT2D eigenvalue weighted by Gasteiger charge is -2.25. The molecule has 1 aliphatic carbocycles. The van der Waals surface area contributed by atoms with E-state index in [9.17, 15) is 29.3 Å². The predicted octanol–water partition coefficient (Wildman–Crippen LogP) is 2.65. The molecule has 2 aromatic carbocycles. The molecular weight excluding hydrogens is 482 g/mol. The summed E-state index contributed by atoms with van der Waals surface area (Å²) in [6, 6.07) is 11.4. The van der Waals surface area contributed by atoms with E-state index in [4.69, 9.17) is 9.47 Å². The number of carbonyl (C=O) groups is 4. The van der Waals surface area contributed by atoms with E-state index in [0.717, 1.165) is 4.90 Å². The highest BCUT2D eigenvalue weighted by molar-refractivity contribution is 6.08. The predicted molar refractivity (Wildman–Crippen MR) is 130 cm³/mol. The van der Waals surface area contributed by atoms with Crippen molar-refractivity contribution in [2.24, 2.45) is 11.8 Å². The summed E-state index contributed by atoms with van der Waals surface area (Å²) in [7, 11) is 1.37. The van der Waals surface area contributed by atoms with Crippen molar-refractivity contribution in [1.82, 2.24) is 4.90 Å². The molecule has 0 spiro atoms. The molecule has 1 saturated heterocycles. The lowest BCUT2D eigenvalue weighted by atomic mass is 9.85. The number of methoxy groups -OCH3 is 1. The number of likely N-dealkylation sites (tertiary alicyclic amines) is 1. The molecule has 192 valence electrons. The number of imide groups is 1. The number of benzene rings is 2. The quantitative estimate of drug-likeness (QED) is 0.179. The number of anilines is 1. The second kappa shape index (κ2) is 11.0. The molecule has 0 aromatic heterocycles. The van der Waals surface area contributed by atoms with Gasteiger partial charge in [-0.25, -0.2) is 4.79 Å². The molecule has 3 atom stereocenters. The van der Waals surface area contributed by atoms with Crippen molar-refractivity contribution in [3.05, 3.63) is 76.4 Å². The fourth-order valence-corrected chi connectivity index (χ4v) is 4.57. The molecule has 4 rings (SSSR count). The Morgan fingerprint density at radius 1 is 1.08 bits per heavy atom. The summed E-state index contributed by atoms with van der Waals surface area (Å²) in [6.07, 6.45) is 4.55. The highest BCUT2D eigenvalue weighted by Crippen LogP contribution is 2.37. The number of esters is 1. The van der Waals surface area contributed by atoms with Gasteiger partial charge in [-0.15, -0.1) is 0 Å². The maximum atomic E-state index is 13.2. The van der Waals surface area contributed by atoms with Gasteiger partial charge >= 0.3 is 5.97 Å². The molecule has 0 unspecified atom stereocenters. The van der Waals surface area contributed by atoms with E-state index >= 15 is 0 Å². The van der Waals surface area contributed by atoms with Gasteiger partial charge in [-0.05, 0) is 24.5 Å². The van der Waals surface area contributed by atoms with E-state index in [1.807, 2.05) is 12.2 Å². The molecule has 2 aliphatic rings. The molecule has 0 saturated carbocycles. The van der Waals surface area contributed by atoms with Gasteiger partial charge in [0, 0.05) is 18.6 Å². The van der Waals surface area contributed by atoms with Crippen molar-refractivity contribution in [3.63, 3.8) is 0 Å². The van der Waals surface area contributed by atoms with Crippen LogP contribution in [0.4, 0.5) is 11.4 Å². The number of nitro benzene ring substituents is 1. The third kappa shape index (κ3) is 5.50. The first-order chi connectivity index (χ1) is 17.8. The first-order valence-electron chi connectivity index (χ1n) is 11.6. The SMILES string of the molecule is COc1ccc([N+](=O)[O-])c(NC(=O)COC(=O)[C@H](Cc2ccccc2)N2C(=O)[C@H]3CC=CC[C@H]3C2=O)c1. The fourth-order valence-electron chi connectivity index (χ4n) is 4.57. The van der Waals surface area contributed by atoms with Crippen LogP contribution in [-0.4, -0.2) is 53.3 Å². The smallest absolute Gasteiger partial charge is 0.330 e. The molecule has 37 heavy (non-hydrogen) atoms. The van der Waals surface area contributed by atoms with Crippen molar-refractivity contribution in [3.8, 4) is 5.75 Å². The Morgan fingerprint density at radius 2 is 1.73 bits per heavy atom. The van der Waals surface area contributed by atoms with Crippen molar-refractivity contribution < 1.29 is 33.6 Å². The van der Waals surface area contributed by atoms with E-state index in [1.54, 1.807) is 30.3 Å². The summed E-state index contributed by atoms with van der Waals surface area (Å²) >= 11 is 0. The molecular formula is C26H25N3O8. The van der Waals surface area contributed by atoms with E-state index in [1.165, 1.54) is 25.3 Å². The molecule has 0 radical (unpaired) electrons. The first-order valence-corrected chi connectivity index (χ1v) is 11.6. The molecule has 1 N–H and O–H groups in total. The third-order valence-electron chi connectivity index (χ3n) is 6.42. The van der Waals surface area contributed by atoms with Crippen LogP contribution in [-0.2, 0) is 30.3 Å². The van der Waals surface area contributed by atoms with Gasteiger partial charge in [0.05, 0.1) is 23.9 Å². The van der Waals surface area contributed by atoms with Crippen LogP contribution in [0.2, 0.25) is 0 Å². The zero-order chi connectivity index (χ0) is 26.5. The minimum absolute atomic E-state index is 0.0208. The van der Waals surface area contributed by atoms with Crippen molar-refractivity contribution in [2.75, 3.05) is 19.0 Å². The van der Waals surface area contributed by atoms with E-state index in [2.05, 4.69) is 5.32 Å². The molecule has 11 nitrogen and oxygen atoms in total. The summed E-state index contributed by atoms with van der Waals surface area (Å²) in [5.41, 5.74) is 0.203. The van der Waals surface area contributed by atoms with Gasteiger partial charge in [-0.1, -0.05) is 42.5 Å². The number of hydrogen-bond donors (Lipinski definition) is 1. The molecule has 2 aromatic rings. The summed E-state index contributed by atoms with van der Waals surface area (Å²) in [5, 5.41) is 13.6. The Kier molecular flexibility index (Phi) is 7.61. The normalized spacial score (nSPS) is 19.2. The van der Waals surface area contributed by atoms with Crippen LogP contribution in [0.5, 0.6) is 5.75 Å². The van der Waals surface area contributed by atoms with Crippen LogP contribution in [0.1, 0.15) is 18.4 Å². The molecule has 1 aliphatic heterocycles. The number of rotatable bonds is 9. The van der Waals surface area contributed by atoms with E-state index < -0.39 is 53.1 Å². The van der Waals surface area contributed by atoms with E-state index in [0.29, 0.717) is 18.4 Å². The van der Waals surface area contributed by atoms with Crippen LogP contribution in [0.15, 0.2) is 60.7 Å². The van der Waals surface area contributed by atoms with Gasteiger partial charge in [0.25, 0.3) is 11.6 Å². The number of ether oxygens (including phenoxy) is 2. The number of fused-ring (bicyclic) bond motifs is 1. The van der Waals surface area contributed by atoms with Crippen molar-refractivity contribution in [1.29, 1.82) is 0 Å². The van der Waals surface area contributed by atoms with Gasteiger partial charge in [0.15, 0.2) is 6.61 Å². The summed E-state index contributed by atoms with van der Waals surface area (Å²) in [4.78, 5) is 63.6. The zero-order valence-electron chi connectivity index (χ0n) is 20.0. The molecule has 1 heterocycles. The second-order valence-corrected chi connectivity index (χ2v) is 8.70. The average Bonchev–Trinajstić information content (AvgIpc) is 3.16. The highest BCUT2D eigenvalue weighted by Gasteiger charge is 2.51. The number of nitro groups is 1. The Morgan fingerprint density at radius 3 is 2.32 bits per heavy atom. The Labute approximate surface area is 212 Å². The summed E-state index contributed by atoms with van der Waals surface area (Å²) < 4.78 is 10.3. The monoisotopic (exact) mass is 507 g/mol. The molecule has 1 fully saturated rings. The Balaban J connectivity index is 1.50. The Hall–Kier alpha value is -4.54. The van der Waals surface area contributed by atoms with Gasteiger partial charge in [0.1, 0.15) is 17.5 Å². The highest BCUT2D eigenvalue weighted by atomic mass is 16.6. The van der Waals surface area contributed by atoms with Crippen LogP contribution < -0.4 is 10.1 Å². The molecule has 0 bridgehead atoms. The van der Waals surface area contributed by atoms with Gasteiger partial charge in [0.2, 0.25) is 11.8 Å². The first kappa shape index (κ1) is 25.5. The number of nitrogens with one attached hydrogen (secondary N) is 1. The van der Waals surface area contributed by atoms with Crippen LogP contribution in [0.3, 0.4) is 0 Å². The Bertz CT molecular complexity index is 1230. The fraction of sp³-hybridized carbons (Fsp3) is 0.308. The number of carbonyl (C=O) groups excluding carboxylic acids is 4. The average molecular weight is 507 g/mol. The maximum absolute atomic E-state index is 13.2. The number of allylic oxidation sites excluding steroid dienone is 2. The number of amides is 3. The lowest BCUT2D eigenvalue weighted by molar-refractivity contribution is -0.383. The molecule has 3 amide bonds. The lowest BCUT2D eigenvalue weighted by Crippen LogP contribution is -2.48. The van der Waals surface area contributed by atoms with Crippen LogP contribution >= 0.6 is 0 Å². The summed E-state index contributed by atoms with van der Waals surface area (Å²) in [5.74, 6) is -3.40. The molecule has 11 heteroatoms. The van der Waals surface area contributed by atoms with Gasteiger partial charge in [-0.3, -0.25) is 29.4 Å². The van der Waals surface area contributed by atoms with Crippen molar-refractivity contribution in [2.45, 2.75) is 25.3 Å². The largest absolute Gasteiger partial charge is 0.497 e. The van der Waals surface area contributed by atoms with E-state index in [-0.39, 0.29) is 23.5 Å². The zero-order valence-corrected chi connectivity index (χ0v) is 20.0. The van der Waals surface area contributed by atoms with Gasteiger partial charge < -0.3 is 14.8 Å². The third-order valence-corrected chi connectivity index (χ3v) is 6.42.